The number of nitrogens with zero attached hydrogens (tertiary/aromatic N) is 5. The van der Waals surface area contributed by atoms with Gasteiger partial charge in [0.05, 0.1) is 6.04 Å². The van der Waals surface area contributed by atoms with E-state index in [1.807, 2.05) is 22.4 Å². The van der Waals surface area contributed by atoms with Crippen LogP contribution in [0, 0.1) is 0 Å². The minimum atomic E-state index is -0.104. The molecule has 0 aliphatic carbocycles. The molecule has 1 aliphatic rings. The van der Waals surface area contributed by atoms with Crippen molar-refractivity contribution in [2.75, 3.05) is 11.9 Å². The van der Waals surface area contributed by atoms with E-state index >= 15 is 0 Å². The fourth-order valence-corrected chi connectivity index (χ4v) is 3.66. The van der Waals surface area contributed by atoms with Crippen LogP contribution in [0.4, 0.5) is 10.9 Å². The lowest BCUT2D eigenvalue weighted by Crippen LogP contribution is -2.30. The van der Waals surface area contributed by atoms with E-state index in [1.165, 1.54) is 11.3 Å². The highest BCUT2D eigenvalue weighted by Crippen LogP contribution is 2.35. The van der Waals surface area contributed by atoms with Gasteiger partial charge in [0.1, 0.15) is 5.69 Å². The van der Waals surface area contributed by atoms with Gasteiger partial charge in [-0.3, -0.25) is 14.8 Å². The number of pyridine rings is 1. The Morgan fingerprint density at radius 3 is 2.96 bits per heavy atom. The first kappa shape index (κ1) is 17.3. The average molecular weight is 378 g/mol. The van der Waals surface area contributed by atoms with E-state index in [-0.39, 0.29) is 11.9 Å². The van der Waals surface area contributed by atoms with E-state index < -0.39 is 0 Å². The maximum Gasteiger partial charge on any atom is 0.247 e. The van der Waals surface area contributed by atoms with Crippen LogP contribution in [0.15, 0.2) is 54.6 Å². The van der Waals surface area contributed by atoms with E-state index in [2.05, 4.69) is 25.3 Å². The molecule has 1 fully saturated rings. The first-order chi connectivity index (χ1) is 13.3. The van der Waals surface area contributed by atoms with Crippen molar-refractivity contribution in [3.63, 3.8) is 0 Å². The van der Waals surface area contributed by atoms with E-state index in [4.69, 9.17) is 0 Å². The Morgan fingerprint density at radius 1 is 1.22 bits per heavy atom. The van der Waals surface area contributed by atoms with Crippen molar-refractivity contribution >= 4 is 34.3 Å². The summed E-state index contributed by atoms with van der Waals surface area (Å²) in [5.74, 6) is 0.612. The van der Waals surface area contributed by atoms with Gasteiger partial charge in [0.2, 0.25) is 5.91 Å². The summed E-state index contributed by atoms with van der Waals surface area (Å²) < 4.78 is 0. The van der Waals surface area contributed by atoms with Crippen LogP contribution in [0.2, 0.25) is 0 Å². The molecule has 0 radical (unpaired) electrons. The van der Waals surface area contributed by atoms with E-state index in [9.17, 15) is 4.79 Å². The molecule has 0 spiro atoms. The van der Waals surface area contributed by atoms with Gasteiger partial charge in [0, 0.05) is 49.0 Å². The van der Waals surface area contributed by atoms with Gasteiger partial charge in [-0.05, 0) is 30.5 Å². The molecule has 0 saturated carbocycles. The van der Waals surface area contributed by atoms with Gasteiger partial charge in [-0.25, -0.2) is 9.97 Å². The van der Waals surface area contributed by atoms with Crippen molar-refractivity contribution in [2.24, 2.45) is 0 Å². The number of hydrogen-bond acceptors (Lipinski definition) is 7. The monoisotopic (exact) mass is 378 g/mol. The number of amides is 1. The summed E-state index contributed by atoms with van der Waals surface area (Å²) in [4.78, 5) is 31.9. The second kappa shape index (κ2) is 8.05. The Bertz CT molecular complexity index is 928. The number of carbonyl (C=O) groups is 1. The molecular formula is C19H18N6OS. The second-order valence-corrected chi connectivity index (χ2v) is 6.96. The predicted octanol–water partition coefficient (Wildman–Crippen LogP) is 3.45. The van der Waals surface area contributed by atoms with Crippen molar-refractivity contribution in [1.82, 2.24) is 24.8 Å². The molecule has 0 bridgehead atoms. The zero-order valence-corrected chi connectivity index (χ0v) is 15.3. The smallest absolute Gasteiger partial charge is 0.247 e. The van der Waals surface area contributed by atoms with Crippen molar-refractivity contribution in [2.45, 2.75) is 18.9 Å². The summed E-state index contributed by atoms with van der Waals surface area (Å²) in [6.45, 7) is 0.703. The number of anilines is 2. The van der Waals surface area contributed by atoms with Crippen LogP contribution in [-0.4, -0.2) is 37.3 Å². The van der Waals surface area contributed by atoms with Crippen LogP contribution in [0.5, 0.6) is 0 Å². The summed E-state index contributed by atoms with van der Waals surface area (Å²) in [7, 11) is 0. The van der Waals surface area contributed by atoms with E-state index in [1.54, 1.807) is 43.1 Å². The molecule has 1 N–H and O–H groups in total. The number of aromatic nitrogens is 4. The molecule has 1 aliphatic heterocycles. The number of nitrogens with one attached hydrogen (secondary N) is 1. The maximum absolute atomic E-state index is 12.8. The number of likely N-dealkylation sites (tertiary alicyclic amines) is 1. The third kappa shape index (κ3) is 4.01. The van der Waals surface area contributed by atoms with Crippen LogP contribution >= 0.6 is 11.3 Å². The average Bonchev–Trinajstić information content (AvgIpc) is 3.39. The quantitative estimate of drug-likeness (QED) is 0.685. The van der Waals surface area contributed by atoms with Gasteiger partial charge in [0.25, 0.3) is 0 Å². The molecule has 136 valence electrons. The summed E-state index contributed by atoms with van der Waals surface area (Å²) in [6.07, 6.45) is 13.7. The summed E-state index contributed by atoms with van der Waals surface area (Å²) in [6, 6.07) is 3.66. The molecule has 1 saturated heterocycles. The molecule has 4 rings (SSSR count). The topological polar surface area (TPSA) is 83.9 Å². The first-order valence-electron chi connectivity index (χ1n) is 8.67. The molecule has 1 atom stereocenters. The standard InChI is InChI=1S/C19H18N6OS/c26-16(6-5-14-3-1-7-20-13-14)25-11-2-4-15(25)17-18(22-9-8-21-17)24-19-23-10-12-27-19/h1,3,5-10,12-13,15H,2,4,11H2,(H,22,23,24)/b6-5+/t15-/m0/s1. The van der Waals surface area contributed by atoms with Crippen LogP contribution in [0.3, 0.4) is 0 Å². The van der Waals surface area contributed by atoms with Crippen molar-refractivity contribution in [3.8, 4) is 0 Å². The minimum Gasteiger partial charge on any atom is -0.330 e. The van der Waals surface area contributed by atoms with Gasteiger partial charge in [-0.15, -0.1) is 11.3 Å². The van der Waals surface area contributed by atoms with Crippen LogP contribution in [0.1, 0.15) is 30.1 Å². The number of thiazole rings is 1. The predicted molar refractivity (Wildman–Crippen MR) is 104 cm³/mol. The normalized spacial score (nSPS) is 16.7. The van der Waals surface area contributed by atoms with Gasteiger partial charge in [0.15, 0.2) is 10.9 Å². The summed E-state index contributed by atoms with van der Waals surface area (Å²) in [5.41, 5.74) is 1.67. The molecule has 1 amide bonds. The first-order valence-corrected chi connectivity index (χ1v) is 9.55. The highest BCUT2D eigenvalue weighted by atomic mass is 32.1. The fraction of sp³-hybridized carbons (Fsp3) is 0.211. The molecule has 27 heavy (non-hydrogen) atoms. The zero-order valence-electron chi connectivity index (χ0n) is 14.5. The Hall–Kier alpha value is -3.13. The highest BCUT2D eigenvalue weighted by molar-refractivity contribution is 7.13. The lowest BCUT2D eigenvalue weighted by molar-refractivity contribution is -0.126. The van der Waals surface area contributed by atoms with Crippen LogP contribution in [-0.2, 0) is 4.79 Å². The van der Waals surface area contributed by atoms with Gasteiger partial charge in [-0.2, -0.15) is 0 Å². The van der Waals surface area contributed by atoms with Gasteiger partial charge >= 0.3 is 0 Å². The summed E-state index contributed by atoms with van der Waals surface area (Å²) in [5, 5.41) is 5.87. The van der Waals surface area contributed by atoms with Crippen molar-refractivity contribution in [1.29, 1.82) is 0 Å². The lowest BCUT2D eigenvalue weighted by atomic mass is 10.1. The molecule has 4 heterocycles. The molecule has 8 heteroatoms. The third-order valence-corrected chi connectivity index (χ3v) is 5.03. The molecule has 7 nitrogen and oxygen atoms in total. The highest BCUT2D eigenvalue weighted by Gasteiger charge is 2.32. The second-order valence-electron chi connectivity index (χ2n) is 6.06. The van der Waals surface area contributed by atoms with E-state index in [0.29, 0.717) is 12.4 Å². The molecule has 0 unspecified atom stereocenters. The number of rotatable bonds is 5. The maximum atomic E-state index is 12.8. The SMILES string of the molecule is O=C(/C=C/c1cccnc1)N1CCC[C@H]1c1nccnc1Nc1nccs1. The number of hydrogen-bond donors (Lipinski definition) is 1. The molecule has 3 aromatic heterocycles. The van der Waals surface area contributed by atoms with Crippen LogP contribution in [0.25, 0.3) is 6.08 Å². The Labute approximate surface area is 160 Å². The fourth-order valence-electron chi connectivity index (χ4n) is 3.13. The molecule has 0 aromatic carbocycles. The zero-order chi connectivity index (χ0) is 18.5. The largest absolute Gasteiger partial charge is 0.330 e. The number of carbonyl (C=O) groups excluding carboxylic acids is 1. The van der Waals surface area contributed by atoms with Crippen LogP contribution < -0.4 is 5.32 Å². The van der Waals surface area contributed by atoms with Gasteiger partial charge in [-0.1, -0.05) is 6.07 Å². The molecular weight excluding hydrogens is 360 g/mol. The molecule has 3 aromatic rings. The minimum absolute atomic E-state index is 0.0350. The lowest BCUT2D eigenvalue weighted by Gasteiger charge is -2.24. The van der Waals surface area contributed by atoms with Crippen molar-refractivity contribution < 1.29 is 4.79 Å². The Kier molecular flexibility index (Phi) is 5.15. The Balaban J connectivity index is 1.55. The van der Waals surface area contributed by atoms with Crippen molar-refractivity contribution in [3.05, 3.63) is 65.8 Å². The third-order valence-electron chi connectivity index (χ3n) is 4.34. The van der Waals surface area contributed by atoms with E-state index in [0.717, 1.165) is 29.2 Å². The van der Waals surface area contributed by atoms with Gasteiger partial charge < -0.3 is 10.2 Å². The Morgan fingerprint density at radius 2 is 2.15 bits per heavy atom. The summed E-state index contributed by atoms with van der Waals surface area (Å²) >= 11 is 1.49.